The molecular formula is C20H26ClN7O3S. The molecule has 0 aliphatic carbocycles. The zero-order chi connectivity index (χ0) is 23.3. The molecule has 0 fully saturated rings. The van der Waals surface area contributed by atoms with Gasteiger partial charge >= 0.3 is 0 Å². The van der Waals surface area contributed by atoms with E-state index in [0.29, 0.717) is 10.8 Å². The number of aromatic nitrogens is 6. The molecule has 172 valence electrons. The van der Waals surface area contributed by atoms with Crippen LogP contribution in [0.15, 0.2) is 36.9 Å². The highest BCUT2D eigenvalue weighted by atomic mass is 35.5. The van der Waals surface area contributed by atoms with Gasteiger partial charge < -0.3 is 4.74 Å². The molecule has 0 radical (unpaired) electrons. The summed E-state index contributed by atoms with van der Waals surface area (Å²) in [4.78, 5) is 12.4. The van der Waals surface area contributed by atoms with Crippen LogP contribution < -0.4 is 4.72 Å². The van der Waals surface area contributed by atoms with E-state index in [1.807, 2.05) is 24.5 Å². The van der Waals surface area contributed by atoms with Crippen LogP contribution in [-0.4, -0.2) is 50.5 Å². The molecule has 2 unspecified atom stereocenters. The predicted molar refractivity (Wildman–Crippen MR) is 122 cm³/mol. The highest BCUT2D eigenvalue weighted by molar-refractivity contribution is 7.93. The van der Waals surface area contributed by atoms with Crippen LogP contribution >= 0.6 is 11.6 Å². The molecule has 3 rings (SSSR count). The van der Waals surface area contributed by atoms with Gasteiger partial charge in [0.15, 0.2) is 11.6 Å². The first-order chi connectivity index (χ1) is 15.3. The second-order valence-electron chi connectivity index (χ2n) is 7.20. The summed E-state index contributed by atoms with van der Waals surface area (Å²) >= 11 is 5.84. The molecule has 0 spiro atoms. The molecule has 0 saturated heterocycles. The number of anilines is 1. The van der Waals surface area contributed by atoms with Gasteiger partial charge in [-0.15, -0.1) is 10.2 Å². The van der Waals surface area contributed by atoms with Crippen LogP contribution in [0.5, 0.6) is 0 Å². The standard InChI is InChI=1S/C20H26ClN7O3S/c1-5-16(6-2)28-19(14-8-7-9-22-10-14)25-26-20(28)27-32(29,30)13(3)17(31-4)18-23-11-15(21)12-24-18/h7-13,16-17H,5-6H2,1-4H3,(H,26,27). The molecule has 0 bridgehead atoms. The van der Waals surface area contributed by atoms with E-state index in [1.165, 1.54) is 26.4 Å². The lowest BCUT2D eigenvalue weighted by atomic mass is 10.1. The van der Waals surface area contributed by atoms with Crippen molar-refractivity contribution in [3.63, 3.8) is 0 Å². The largest absolute Gasteiger partial charge is 0.372 e. The van der Waals surface area contributed by atoms with Gasteiger partial charge in [0.2, 0.25) is 16.0 Å². The number of halogens is 1. The molecule has 3 aromatic rings. The molecule has 0 aromatic carbocycles. The minimum absolute atomic E-state index is 0.00830. The lowest BCUT2D eigenvalue weighted by Gasteiger charge is -2.24. The van der Waals surface area contributed by atoms with Crippen molar-refractivity contribution in [1.82, 2.24) is 29.7 Å². The summed E-state index contributed by atoms with van der Waals surface area (Å²) in [6, 6.07) is 3.64. The lowest BCUT2D eigenvalue weighted by Crippen LogP contribution is -2.33. The minimum atomic E-state index is -3.95. The van der Waals surface area contributed by atoms with Crippen LogP contribution in [0.1, 0.15) is 51.6 Å². The second-order valence-corrected chi connectivity index (χ2v) is 9.67. The van der Waals surface area contributed by atoms with Gasteiger partial charge in [-0.3, -0.25) is 14.3 Å². The predicted octanol–water partition coefficient (Wildman–Crippen LogP) is 3.66. The van der Waals surface area contributed by atoms with Gasteiger partial charge in [0, 0.05) is 43.5 Å². The Kier molecular flexibility index (Phi) is 7.75. The van der Waals surface area contributed by atoms with Gasteiger partial charge in [-0.2, -0.15) is 0 Å². The van der Waals surface area contributed by atoms with Crippen LogP contribution in [0.2, 0.25) is 5.02 Å². The quantitative estimate of drug-likeness (QED) is 0.467. The summed E-state index contributed by atoms with van der Waals surface area (Å²) in [7, 11) is -2.55. The second kappa shape index (κ2) is 10.3. The molecule has 1 N–H and O–H groups in total. The van der Waals surface area contributed by atoms with Gasteiger partial charge in [0.1, 0.15) is 11.4 Å². The zero-order valence-electron chi connectivity index (χ0n) is 18.3. The van der Waals surface area contributed by atoms with Crippen LogP contribution in [0, 0.1) is 0 Å². The zero-order valence-corrected chi connectivity index (χ0v) is 19.9. The fraction of sp³-hybridized carbons (Fsp3) is 0.450. The van der Waals surface area contributed by atoms with Crippen molar-refractivity contribution in [2.45, 2.75) is 51.0 Å². The van der Waals surface area contributed by atoms with E-state index in [9.17, 15) is 8.42 Å². The van der Waals surface area contributed by atoms with Crippen molar-refractivity contribution >= 4 is 27.6 Å². The summed E-state index contributed by atoms with van der Waals surface area (Å²) in [5.41, 5.74) is 0.745. The van der Waals surface area contributed by atoms with E-state index in [-0.39, 0.29) is 17.8 Å². The van der Waals surface area contributed by atoms with Gasteiger partial charge in [-0.1, -0.05) is 25.4 Å². The monoisotopic (exact) mass is 479 g/mol. The van der Waals surface area contributed by atoms with Crippen LogP contribution in [0.25, 0.3) is 11.4 Å². The van der Waals surface area contributed by atoms with Crippen LogP contribution in [-0.2, 0) is 14.8 Å². The van der Waals surface area contributed by atoms with Crippen LogP contribution in [0.3, 0.4) is 0 Å². The molecule has 12 heteroatoms. The third kappa shape index (κ3) is 5.05. The van der Waals surface area contributed by atoms with E-state index in [4.69, 9.17) is 16.3 Å². The van der Waals surface area contributed by atoms with Gasteiger partial charge in [0.05, 0.1) is 5.02 Å². The average molecular weight is 480 g/mol. The number of nitrogens with one attached hydrogen (secondary N) is 1. The van der Waals surface area contributed by atoms with E-state index >= 15 is 0 Å². The van der Waals surface area contributed by atoms with E-state index in [0.717, 1.165) is 18.4 Å². The van der Waals surface area contributed by atoms with Gasteiger partial charge in [0.25, 0.3) is 0 Å². The first kappa shape index (κ1) is 24.0. The minimum Gasteiger partial charge on any atom is -0.372 e. The number of sulfonamides is 1. The Labute approximate surface area is 192 Å². The van der Waals surface area contributed by atoms with Crippen molar-refractivity contribution in [3.8, 4) is 11.4 Å². The maximum absolute atomic E-state index is 13.3. The Hall–Kier alpha value is -2.63. The van der Waals surface area contributed by atoms with E-state index < -0.39 is 21.4 Å². The summed E-state index contributed by atoms with van der Waals surface area (Å²) in [6.07, 6.45) is 6.75. The van der Waals surface area contributed by atoms with Crippen molar-refractivity contribution in [1.29, 1.82) is 0 Å². The molecule has 10 nitrogen and oxygen atoms in total. The van der Waals surface area contributed by atoms with Crippen molar-refractivity contribution in [3.05, 3.63) is 47.8 Å². The maximum atomic E-state index is 13.3. The molecule has 0 aliphatic rings. The Morgan fingerprint density at radius 3 is 2.41 bits per heavy atom. The first-order valence-electron chi connectivity index (χ1n) is 10.2. The molecule has 0 saturated carbocycles. The SMILES string of the molecule is CCC(CC)n1c(NS(=O)(=O)C(C)C(OC)c2ncc(Cl)cn2)nnc1-c1cccnc1. The molecular weight excluding hydrogens is 454 g/mol. The Morgan fingerprint density at radius 1 is 1.16 bits per heavy atom. The Balaban J connectivity index is 1.97. The van der Waals surface area contributed by atoms with Crippen molar-refractivity contribution in [2.75, 3.05) is 11.8 Å². The fourth-order valence-electron chi connectivity index (χ4n) is 3.41. The van der Waals surface area contributed by atoms with Gasteiger partial charge in [-0.05, 0) is 31.9 Å². The Bertz CT molecular complexity index is 1120. The number of rotatable bonds is 10. The number of hydrogen-bond donors (Lipinski definition) is 1. The number of ether oxygens (including phenoxy) is 1. The molecule has 3 heterocycles. The molecule has 0 amide bonds. The summed E-state index contributed by atoms with van der Waals surface area (Å²) in [5.74, 6) is 0.894. The normalized spacial score (nSPS) is 13.8. The third-order valence-electron chi connectivity index (χ3n) is 5.22. The molecule has 0 aliphatic heterocycles. The maximum Gasteiger partial charge on any atom is 0.240 e. The molecule has 3 aromatic heterocycles. The third-order valence-corrected chi connectivity index (χ3v) is 7.11. The topological polar surface area (TPSA) is 125 Å². The number of nitrogens with zero attached hydrogens (tertiary/aromatic N) is 6. The van der Waals surface area contributed by atoms with E-state index in [2.05, 4.69) is 29.9 Å². The van der Waals surface area contributed by atoms with Gasteiger partial charge in [-0.25, -0.2) is 18.4 Å². The molecule has 2 atom stereocenters. The smallest absolute Gasteiger partial charge is 0.240 e. The highest BCUT2D eigenvalue weighted by Crippen LogP contribution is 2.30. The summed E-state index contributed by atoms with van der Waals surface area (Å²) in [5, 5.41) is 7.73. The van der Waals surface area contributed by atoms with Crippen LogP contribution in [0.4, 0.5) is 5.95 Å². The number of methoxy groups -OCH3 is 1. The average Bonchev–Trinajstić information content (AvgIpc) is 3.19. The fourth-order valence-corrected chi connectivity index (χ4v) is 4.65. The lowest BCUT2D eigenvalue weighted by molar-refractivity contribution is 0.0950. The molecule has 32 heavy (non-hydrogen) atoms. The van der Waals surface area contributed by atoms with Crippen molar-refractivity contribution in [2.24, 2.45) is 0 Å². The summed E-state index contributed by atoms with van der Waals surface area (Å²) in [6.45, 7) is 5.58. The number of hydrogen-bond acceptors (Lipinski definition) is 8. The number of pyridine rings is 1. The van der Waals surface area contributed by atoms with E-state index in [1.54, 1.807) is 18.5 Å². The Morgan fingerprint density at radius 2 is 1.84 bits per heavy atom. The summed E-state index contributed by atoms with van der Waals surface area (Å²) < 4.78 is 36.4. The van der Waals surface area contributed by atoms with Crippen molar-refractivity contribution < 1.29 is 13.2 Å². The first-order valence-corrected chi connectivity index (χ1v) is 12.1. The highest BCUT2D eigenvalue weighted by Gasteiger charge is 2.34.